The zero-order chi connectivity index (χ0) is 12.0. The fourth-order valence-electron chi connectivity index (χ4n) is 3.33. The highest BCUT2D eigenvalue weighted by atomic mass is 16.3. The van der Waals surface area contributed by atoms with Crippen LogP contribution in [0, 0.1) is 11.3 Å². The fraction of sp³-hybridized carbons (Fsp3) is 1.00. The molecule has 0 radical (unpaired) electrons. The van der Waals surface area contributed by atoms with E-state index in [1.165, 1.54) is 58.0 Å². The van der Waals surface area contributed by atoms with Crippen molar-refractivity contribution in [2.45, 2.75) is 44.9 Å². The van der Waals surface area contributed by atoms with E-state index in [0.29, 0.717) is 6.61 Å². The summed E-state index contributed by atoms with van der Waals surface area (Å²) in [6.07, 6.45) is 9.04. The molecule has 0 spiro atoms. The summed E-state index contributed by atoms with van der Waals surface area (Å²) in [5.74, 6) is 0.795. The number of hydrogen-bond acceptors (Lipinski definition) is 3. The van der Waals surface area contributed by atoms with Crippen molar-refractivity contribution in [3.8, 4) is 0 Å². The molecule has 0 bridgehead atoms. The van der Waals surface area contributed by atoms with Crippen molar-refractivity contribution < 1.29 is 5.11 Å². The minimum absolute atomic E-state index is 0.195. The van der Waals surface area contributed by atoms with Crippen molar-refractivity contribution in [3.05, 3.63) is 0 Å². The normalized spacial score (nSPS) is 29.1. The number of piperidine rings is 1. The first-order valence-corrected chi connectivity index (χ1v) is 7.37. The third kappa shape index (κ3) is 3.94. The third-order valence-electron chi connectivity index (χ3n) is 4.58. The van der Waals surface area contributed by atoms with E-state index in [-0.39, 0.29) is 5.41 Å². The van der Waals surface area contributed by atoms with Gasteiger partial charge in [0.1, 0.15) is 0 Å². The Hall–Kier alpha value is -0.120. The molecule has 2 fully saturated rings. The van der Waals surface area contributed by atoms with Crippen molar-refractivity contribution in [3.63, 3.8) is 0 Å². The van der Waals surface area contributed by atoms with E-state index in [4.69, 9.17) is 0 Å². The molecule has 1 heterocycles. The first kappa shape index (κ1) is 13.3. The van der Waals surface area contributed by atoms with E-state index in [0.717, 1.165) is 19.0 Å². The van der Waals surface area contributed by atoms with Crippen LogP contribution in [0.25, 0.3) is 0 Å². The van der Waals surface area contributed by atoms with Crippen LogP contribution in [-0.4, -0.2) is 37.9 Å². The maximum atomic E-state index is 9.63. The molecular formula is C14H28N2O. The van der Waals surface area contributed by atoms with Crippen LogP contribution >= 0.6 is 0 Å². The molecule has 1 aliphatic carbocycles. The van der Waals surface area contributed by atoms with Crippen LogP contribution in [0.5, 0.6) is 0 Å². The van der Waals surface area contributed by atoms with Gasteiger partial charge in [-0.3, -0.25) is 0 Å². The summed E-state index contributed by atoms with van der Waals surface area (Å²) in [5, 5.41) is 16.7. The van der Waals surface area contributed by atoms with Crippen molar-refractivity contribution in [2.24, 2.45) is 11.3 Å². The first-order chi connectivity index (χ1) is 8.35. The Bertz CT molecular complexity index is 208. The molecule has 1 aliphatic heterocycles. The fourth-order valence-corrected chi connectivity index (χ4v) is 3.33. The van der Waals surface area contributed by atoms with Crippen molar-refractivity contribution in [1.82, 2.24) is 10.6 Å². The molecule has 1 saturated carbocycles. The van der Waals surface area contributed by atoms with E-state index in [1.54, 1.807) is 0 Å². The van der Waals surface area contributed by atoms with Crippen molar-refractivity contribution in [1.29, 1.82) is 0 Å². The SMILES string of the molecule is OCC1(CNCC2CCCNC2)CCCCC1. The van der Waals surface area contributed by atoms with Gasteiger partial charge in [-0.25, -0.2) is 0 Å². The molecule has 3 nitrogen and oxygen atoms in total. The Morgan fingerprint density at radius 3 is 2.65 bits per heavy atom. The lowest BCUT2D eigenvalue weighted by molar-refractivity contribution is 0.0800. The second-order valence-corrected chi connectivity index (χ2v) is 6.06. The Labute approximate surface area is 105 Å². The zero-order valence-electron chi connectivity index (χ0n) is 11.0. The van der Waals surface area contributed by atoms with Crippen molar-refractivity contribution >= 4 is 0 Å². The molecule has 3 heteroatoms. The molecule has 0 amide bonds. The maximum Gasteiger partial charge on any atom is 0.0499 e. The molecule has 0 aromatic rings. The summed E-state index contributed by atoms with van der Waals surface area (Å²) in [7, 11) is 0. The molecule has 1 unspecified atom stereocenters. The molecule has 0 aromatic heterocycles. The number of aliphatic hydroxyl groups is 1. The lowest BCUT2D eigenvalue weighted by Gasteiger charge is -2.36. The highest BCUT2D eigenvalue weighted by Crippen LogP contribution is 2.35. The average molecular weight is 240 g/mol. The number of nitrogens with one attached hydrogen (secondary N) is 2. The largest absolute Gasteiger partial charge is 0.396 e. The number of aliphatic hydroxyl groups excluding tert-OH is 1. The van der Waals surface area contributed by atoms with Gasteiger partial charge in [0.05, 0.1) is 0 Å². The predicted octanol–water partition coefficient (Wildman–Crippen LogP) is 1.52. The number of hydrogen-bond donors (Lipinski definition) is 3. The Morgan fingerprint density at radius 1 is 1.18 bits per heavy atom. The molecule has 3 N–H and O–H groups in total. The van der Waals surface area contributed by atoms with Gasteiger partial charge in [-0.05, 0) is 51.2 Å². The third-order valence-corrected chi connectivity index (χ3v) is 4.58. The summed E-state index contributed by atoms with van der Waals surface area (Å²) in [6.45, 7) is 4.86. The van der Waals surface area contributed by atoms with E-state index in [9.17, 15) is 5.11 Å². The van der Waals surface area contributed by atoms with Crippen LogP contribution in [0.15, 0.2) is 0 Å². The van der Waals surface area contributed by atoms with Crippen LogP contribution < -0.4 is 10.6 Å². The highest BCUT2D eigenvalue weighted by Gasteiger charge is 2.31. The van der Waals surface area contributed by atoms with Crippen LogP contribution in [0.1, 0.15) is 44.9 Å². The molecule has 0 aromatic carbocycles. The van der Waals surface area contributed by atoms with Gasteiger partial charge >= 0.3 is 0 Å². The van der Waals surface area contributed by atoms with Crippen molar-refractivity contribution in [2.75, 3.05) is 32.8 Å². The summed E-state index contributed by atoms with van der Waals surface area (Å²) < 4.78 is 0. The topological polar surface area (TPSA) is 44.3 Å². The standard InChI is InChI=1S/C14H28N2O/c17-12-14(6-2-1-3-7-14)11-16-10-13-5-4-8-15-9-13/h13,15-17H,1-12H2. The summed E-state index contributed by atoms with van der Waals surface area (Å²) in [5.41, 5.74) is 0.195. The van der Waals surface area contributed by atoms with E-state index in [2.05, 4.69) is 10.6 Å². The van der Waals surface area contributed by atoms with E-state index >= 15 is 0 Å². The van der Waals surface area contributed by atoms with Crippen LogP contribution in [0.2, 0.25) is 0 Å². The predicted molar refractivity (Wildman–Crippen MR) is 71.1 cm³/mol. The summed E-state index contributed by atoms with van der Waals surface area (Å²) >= 11 is 0. The Morgan fingerprint density at radius 2 is 2.00 bits per heavy atom. The van der Waals surface area contributed by atoms with Gasteiger partial charge in [-0.1, -0.05) is 19.3 Å². The van der Waals surface area contributed by atoms with Gasteiger partial charge < -0.3 is 15.7 Å². The minimum atomic E-state index is 0.195. The summed E-state index contributed by atoms with van der Waals surface area (Å²) in [4.78, 5) is 0. The Balaban J connectivity index is 1.68. The number of rotatable bonds is 5. The molecule has 2 aliphatic rings. The summed E-state index contributed by atoms with van der Waals surface area (Å²) in [6, 6.07) is 0. The quantitative estimate of drug-likeness (QED) is 0.683. The van der Waals surface area contributed by atoms with Crippen LogP contribution in [0.3, 0.4) is 0 Å². The van der Waals surface area contributed by atoms with Gasteiger partial charge in [0.25, 0.3) is 0 Å². The molecule has 100 valence electrons. The average Bonchev–Trinajstić information content (AvgIpc) is 2.41. The zero-order valence-corrected chi connectivity index (χ0v) is 11.0. The lowest BCUT2D eigenvalue weighted by atomic mass is 9.74. The van der Waals surface area contributed by atoms with Gasteiger partial charge in [0, 0.05) is 18.6 Å². The maximum absolute atomic E-state index is 9.63. The van der Waals surface area contributed by atoms with Gasteiger partial charge in [-0.15, -0.1) is 0 Å². The van der Waals surface area contributed by atoms with Gasteiger partial charge in [-0.2, -0.15) is 0 Å². The monoisotopic (exact) mass is 240 g/mol. The first-order valence-electron chi connectivity index (χ1n) is 7.37. The molecular weight excluding hydrogens is 212 g/mol. The van der Waals surface area contributed by atoms with Crippen LogP contribution in [-0.2, 0) is 0 Å². The van der Waals surface area contributed by atoms with Gasteiger partial charge in [0.15, 0.2) is 0 Å². The van der Waals surface area contributed by atoms with Crippen LogP contribution in [0.4, 0.5) is 0 Å². The molecule has 17 heavy (non-hydrogen) atoms. The van der Waals surface area contributed by atoms with Gasteiger partial charge in [0.2, 0.25) is 0 Å². The Kier molecular flexibility index (Phi) is 5.26. The van der Waals surface area contributed by atoms with E-state index in [1.807, 2.05) is 0 Å². The second-order valence-electron chi connectivity index (χ2n) is 6.06. The second kappa shape index (κ2) is 6.72. The minimum Gasteiger partial charge on any atom is -0.396 e. The lowest BCUT2D eigenvalue weighted by Crippen LogP contribution is -2.43. The molecule has 1 atom stereocenters. The highest BCUT2D eigenvalue weighted by molar-refractivity contribution is 4.85. The molecule has 2 rings (SSSR count). The smallest absolute Gasteiger partial charge is 0.0499 e. The van der Waals surface area contributed by atoms with E-state index < -0.39 is 0 Å². The molecule has 1 saturated heterocycles.